The fourth-order valence-corrected chi connectivity index (χ4v) is 2.45. The van der Waals surface area contributed by atoms with Gasteiger partial charge in [0, 0.05) is 29.1 Å². The van der Waals surface area contributed by atoms with Crippen molar-refractivity contribution in [1.82, 2.24) is 15.5 Å². The quantitative estimate of drug-likeness (QED) is 0.789. The third kappa shape index (κ3) is 3.48. The molecule has 1 aromatic heterocycles. The zero-order valence-electron chi connectivity index (χ0n) is 14.2. The lowest BCUT2D eigenvalue weighted by atomic mass is 10.1. The third-order valence-corrected chi connectivity index (χ3v) is 4.46. The maximum Gasteiger partial charge on any atom is 0.276 e. The van der Waals surface area contributed by atoms with Gasteiger partial charge in [0.2, 0.25) is 0 Å². The van der Waals surface area contributed by atoms with Crippen molar-refractivity contribution in [1.29, 1.82) is 0 Å². The molecule has 0 atom stereocenters. The van der Waals surface area contributed by atoms with Crippen LogP contribution in [-0.4, -0.2) is 28.6 Å². The van der Waals surface area contributed by atoms with Crippen molar-refractivity contribution in [3.8, 4) is 0 Å². The van der Waals surface area contributed by atoms with E-state index in [4.69, 9.17) is 0 Å². The van der Waals surface area contributed by atoms with Crippen molar-refractivity contribution in [2.24, 2.45) is 5.92 Å². The molecule has 2 amide bonds. The minimum absolute atomic E-state index is 0.107. The van der Waals surface area contributed by atoms with Crippen LogP contribution in [0.15, 0.2) is 18.2 Å². The van der Waals surface area contributed by atoms with E-state index in [1.807, 2.05) is 26.8 Å². The molecule has 2 aromatic rings. The highest BCUT2D eigenvalue weighted by molar-refractivity contribution is 6.05. The molecule has 0 spiro atoms. The number of anilines is 1. The van der Waals surface area contributed by atoms with Gasteiger partial charge in [0.05, 0.1) is 0 Å². The van der Waals surface area contributed by atoms with Gasteiger partial charge in [-0.25, -0.2) is 0 Å². The number of benzene rings is 1. The highest BCUT2D eigenvalue weighted by Crippen LogP contribution is 2.27. The van der Waals surface area contributed by atoms with Crippen LogP contribution in [0.5, 0.6) is 0 Å². The van der Waals surface area contributed by atoms with E-state index >= 15 is 0 Å². The lowest BCUT2D eigenvalue weighted by Gasteiger charge is -2.10. The van der Waals surface area contributed by atoms with Crippen LogP contribution < -0.4 is 10.6 Å². The van der Waals surface area contributed by atoms with Gasteiger partial charge in [-0.3, -0.25) is 14.7 Å². The van der Waals surface area contributed by atoms with Gasteiger partial charge < -0.3 is 10.6 Å². The molecule has 0 aliphatic heterocycles. The molecule has 1 aliphatic carbocycles. The molecule has 1 aromatic carbocycles. The van der Waals surface area contributed by atoms with Gasteiger partial charge in [0.15, 0.2) is 5.69 Å². The summed E-state index contributed by atoms with van der Waals surface area (Å²) in [6, 6.07) is 5.33. The molecular weight excluding hydrogens is 304 g/mol. The first-order valence-electron chi connectivity index (χ1n) is 8.17. The smallest absolute Gasteiger partial charge is 0.276 e. The predicted molar refractivity (Wildman–Crippen MR) is 92.3 cm³/mol. The van der Waals surface area contributed by atoms with Crippen molar-refractivity contribution >= 4 is 17.5 Å². The van der Waals surface area contributed by atoms with Crippen LogP contribution in [0.2, 0.25) is 0 Å². The van der Waals surface area contributed by atoms with Gasteiger partial charge in [0.1, 0.15) is 0 Å². The Morgan fingerprint density at radius 2 is 1.96 bits per heavy atom. The lowest BCUT2D eigenvalue weighted by Crippen LogP contribution is -2.25. The number of aromatic amines is 1. The predicted octanol–water partition coefficient (Wildman–Crippen LogP) is 2.73. The van der Waals surface area contributed by atoms with E-state index < -0.39 is 0 Å². The summed E-state index contributed by atoms with van der Waals surface area (Å²) in [5, 5.41) is 12.6. The molecule has 6 heteroatoms. The molecule has 1 aliphatic rings. The largest absolute Gasteiger partial charge is 0.352 e. The highest BCUT2D eigenvalue weighted by Gasteiger charge is 2.22. The minimum Gasteiger partial charge on any atom is -0.352 e. The molecule has 24 heavy (non-hydrogen) atoms. The molecular formula is C18H22N4O2. The summed E-state index contributed by atoms with van der Waals surface area (Å²) in [6.45, 7) is 6.34. The van der Waals surface area contributed by atoms with Crippen LogP contribution in [0, 0.1) is 26.7 Å². The van der Waals surface area contributed by atoms with Gasteiger partial charge in [-0.15, -0.1) is 0 Å². The fraction of sp³-hybridized carbons (Fsp3) is 0.389. The number of hydrogen-bond donors (Lipinski definition) is 3. The van der Waals surface area contributed by atoms with Crippen LogP contribution in [0.1, 0.15) is 50.5 Å². The zero-order chi connectivity index (χ0) is 17.3. The van der Waals surface area contributed by atoms with E-state index in [0.717, 1.165) is 23.4 Å². The van der Waals surface area contributed by atoms with E-state index in [1.165, 1.54) is 12.8 Å². The standard InChI is InChI=1S/C18H22N4O2/c1-10-4-7-14(17(23)19-9-13-5-6-13)8-15(10)20-18(24)16-11(2)12(3)21-22-16/h4,7-8,13H,5-6,9H2,1-3H3,(H,19,23)(H,20,24)(H,21,22). The number of H-pyrrole nitrogens is 1. The Bertz CT molecular complexity index is 790. The Labute approximate surface area is 141 Å². The van der Waals surface area contributed by atoms with E-state index in [0.29, 0.717) is 22.9 Å². The highest BCUT2D eigenvalue weighted by atomic mass is 16.2. The first-order chi connectivity index (χ1) is 11.5. The number of aryl methyl sites for hydroxylation is 2. The van der Waals surface area contributed by atoms with Gasteiger partial charge in [-0.2, -0.15) is 5.10 Å². The second-order valence-corrected chi connectivity index (χ2v) is 6.46. The average molecular weight is 326 g/mol. The van der Waals surface area contributed by atoms with Gasteiger partial charge in [-0.1, -0.05) is 6.07 Å². The van der Waals surface area contributed by atoms with Gasteiger partial charge in [0.25, 0.3) is 11.8 Å². The van der Waals surface area contributed by atoms with Crippen molar-refractivity contribution in [3.63, 3.8) is 0 Å². The second-order valence-electron chi connectivity index (χ2n) is 6.46. The van der Waals surface area contributed by atoms with Crippen LogP contribution in [-0.2, 0) is 0 Å². The number of rotatable bonds is 5. The fourth-order valence-electron chi connectivity index (χ4n) is 2.45. The van der Waals surface area contributed by atoms with Crippen molar-refractivity contribution in [2.75, 3.05) is 11.9 Å². The summed E-state index contributed by atoms with van der Waals surface area (Å²) < 4.78 is 0. The van der Waals surface area contributed by atoms with Gasteiger partial charge >= 0.3 is 0 Å². The Hall–Kier alpha value is -2.63. The first-order valence-corrected chi connectivity index (χ1v) is 8.17. The monoisotopic (exact) mass is 326 g/mol. The minimum atomic E-state index is -0.282. The molecule has 1 saturated carbocycles. The number of carbonyl (C=O) groups excluding carboxylic acids is 2. The maximum absolute atomic E-state index is 12.4. The first kappa shape index (κ1) is 16.2. The SMILES string of the molecule is Cc1ccc(C(=O)NCC2CC2)cc1NC(=O)c1n[nH]c(C)c1C. The van der Waals surface area contributed by atoms with Crippen LogP contribution in [0.3, 0.4) is 0 Å². The molecule has 3 rings (SSSR count). The Balaban J connectivity index is 1.74. The normalized spacial score (nSPS) is 13.6. The molecule has 6 nitrogen and oxygen atoms in total. The molecule has 0 radical (unpaired) electrons. The summed E-state index contributed by atoms with van der Waals surface area (Å²) in [4.78, 5) is 24.6. The van der Waals surface area contributed by atoms with Crippen molar-refractivity contribution in [3.05, 3.63) is 46.3 Å². The summed E-state index contributed by atoms with van der Waals surface area (Å²) in [5.41, 5.74) is 4.13. The topological polar surface area (TPSA) is 86.9 Å². The van der Waals surface area contributed by atoms with E-state index in [1.54, 1.807) is 12.1 Å². The molecule has 1 fully saturated rings. The molecule has 0 unspecified atom stereocenters. The number of carbonyl (C=O) groups is 2. The van der Waals surface area contributed by atoms with Gasteiger partial charge in [-0.05, 0) is 57.2 Å². The molecule has 1 heterocycles. The van der Waals surface area contributed by atoms with Crippen LogP contribution >= 0.6 is 0 Å². The second kappa shape index (κ2) is 6.47. The maximum atomic E-state index is 12.4. The summed E-state index contributed by atoms with van der Waals surface area (Å²) in [7, 11) is 0. The Morgan fingerprint density at radius 3 is 2.58 bits per heavy atom. The zero-order valence-corrected chi connectivity index (χ0v) is 14.2. The summed E-state index contributed by atoms with van der Waals surface area (Å²) >= 11 is 0. The van der Waals surface area contributed by atoms with E-state index in [2.05, 4.69) is 20.8 Å². The molecule has 3 N–H and O–H groups in total. The van der Waals surface area contributed by atoms with E-state index in [-0.39, 0.29) is 11.8 Å². The number of amides is 2. The van der Waals surface area contributed by atoms with Crippen molar-refractivity contribution < 1.29 is 9.59 Å². The molecule has 0 bridgehead atoms. The summed E-state index contributed by atoms with van der Waals surface area (Å²) in [6.07, 6.45) is 2.38. The number of aromatic nitrogens is 2. The summed E-state index contributed by atoms with van der Waals surface area (Å²) in [5.74, 6) is 0.240. The molecule has 0 saturated heterocycles. The Morgan fingerprint density at radius 1 is 1.21 bits per heavy atom. The van der Waals surface area contributed by atoms with Crippen molar-refractivity contribution in [2.45, 2.75) is 33.6 Å². The van der Waals surface area contributed by atoms with Crippen LogP contribution in [0.4, 0.5) is 5.69 Å². The number of nitrogens with one attached hydrogen (secondary N) is 3. The van der Waals surface area contributed by atoms with E-state index in [9.17, 15) is 9.59 Å². The molecule has 126 valence electrons. The van der Waals surface area contributed by atoms with Crippen LogP contribution in [0.25, 0.3) is 0 Å². The average Bonchev–Trinajstić information content (AvgIpc) is 3.33. The third-order valence-electron chi connectivity index (χ3n) is 4.46. The number of nitrogens with zero attached hydrogens (tertiary/aromatic N) is 1. The number of hydrogen-bond acceptors (Lipinski definition) is 3. The Kier molecular flexibility index (Phi) is 4.38. The lowest BCUT2D eigenvalue weighted by molar-refractivity contribution is 0.0950.